The van der Waals surface area contributed by atoms with Crippen LogP contribution in [0.3, 0.4) is 0 Å². The van der Waals surface area contributed by atoms with Gasteiger partial charge in [0, 0.05) is 23.6 Å². The number of hydrogen-bond donors (Lipinski definition) is 1. The SMILES string of the molecule is Cc1ccc(CNCC(C)N2CCCC2)c(Br)c1. The molecule has 2 rings (SSSR count). The van der Waals surface area contributed by atoms with Gasteiger partial charge < -0.3 is 5.32 Å². The maximum Gasteiger partial charge on any atom is 0.0222 e. The molecule has 1 saturated heterocycles. The summed E-state index contributed by atoms with van der Waals surface area (Å²) in [5, 5.41) is 3.57. The zero-order valence-corrected chi connectivity index (χ0v) is 13.0. The Morgan fingerprint density at radius 2 is 2.06 bits per heavy atom. The fraction of sp³-hybridized carbons (Fsp3) is 0.600. The Bertz CT molecular complexity index is 386. The predicted octanol–water partition coefficient (Wildman–Crippen LogP) is 3.33. The molecule has 0 aromatic heterocycles. The fourth-order valence-corrected chi connectivity index (χ4v) is 3.16. The van der Waals surface area contributed by atoms with Gasteiger partial charge in [-0.1, -0.05) is 28.1 Å². The normalized spacial score (nSPS) is 18.2. The molecule has 1 atom stereocenters. The zero-order chi connectivity index (χ0) is 13.0. The van der Waals surface area contributed by atoms with Gasteiger partial charge in [-0.3, -0.25) is 4.90 Å². The molecule has 18 heavy (non-hydrogen) atoms. The number of nitrogens with one attached hydrogen (secondary N) is 1. The van der Waals surface area contributed by atoms with Gasteiger partial charge in [0.25, 0.3) is 0 Å². The third-order valence-corrected chi connectivity index (χ3v) is 4.47. The van der Waals surface area contributed by atoms with E-state index < -0.39 is 0 Å². The summed E-state index contributed by atoms with van der Waals surface area (Å²) < 4.78 is 1.21. The van der Waals surface area contributed by atoms with Gasteiger partial charge >= 0.3 is 0 Å². The highest BCUT2D eigenvalue weighted by Gasteiger charge is 2.17. The van der Waals surface area contributed by atoms with Gasteiger partial charge in [0.2, 0.25) is 0 Å². The molecule has 3 heteroatoms. The van der Waals surface area contributed by atoms with E-state index in [1.54, 1.807) is 0 Å². The van der Waals surface area contributed by atoms with Crippen molar-refractivity contribution in [2.24, 2.45) is 0 Å². The van der Waals surface area contributed by atoms with Crippen LogP contribution in [0.5, 0.6) is 0 Å². The molecule has 1 N–H and O–H groups in total. The van der Waals surface area contributed by atoms with E-state index in [4.69, 9.17) is 0 Å². The van der Waals surface area contributed by atoms with Crippen molar-refractivity contribution >= 4 is 15.9 Å². The smallest absolute Gasteiger partial charge is 0.0222 e. The van der Waals surface area contributed by atoms with E-state index >= 15 is 0 Å². The number of benzene rings is 1. The van der Waals surface area contributed by atoms with Crippen molar-refractivity contribution in [3.8, 4) is 0 Å². The topological polar surface area (TPSA) is 15.3 Å². The van der Waals surface area contributed by atoms with E-state index in [-0.39, 0.29) is 0 Å². The molecule has 0 spiro atoms. The quantitative estimate of drug-likeness (QED) is 0.897. The summed E-state index contributed by atoms with van der Waals surface area (Å²) in [6, 6.07) is 7.20. The maximum absolute atomic E-state index is 3.63. The average molecular weight is 311 g/mol. The lowest BCUT2D eigenvalue weighted by Crippen LogP contribution is -2.38. The Morgan fingerprint density at radius 1 is 1.33 bits per heavy atom. The van der Waals surface area contributed by atoms with Gasteiger partial charge in [-0.05, 0) is 57.0 Å². The minimum Gasteiger partial charge on any atom is -0.311 e. The summed E-state index contributed by atoms with van der Waals surface area (Å²) in [4.78, 5) is 2.58. The summed E-state index contributed by atoms with van der Waals surface area (Å²) in [6.45, 7) is 9.01. The van der Waals surface area contributed by atoms with Crippen LogP contribution >= 0.6 is 15.9 Å². The Hall–Kier alpha value is -0.380. The number of aryl methyl sites for hydroxylation is 1. The highest BCUT2D eigenvalue weighted by atomic mass is 79.9. The zero-order valence-electron chi connectivity index (χ0n) is 11.4. The minimum atomic E-state index is 0.650. The molecule has 1 aromatic carbocycles. The van der Waals surface area contributed by atoms with Crippen LogP contribution in [0.15, 0.2) is 22.7 Å². The van der Waals surface area contributed by atoms with E-state index in [2.05, 4.69) is 58.2 Å². The molecule has 1 fully saturated rings. The summed E-state index contributed by atoms with van der Waals surface area (Å²) in [5.41, 5.74) is 2.64. The Morgan fingerprint density at radius 3 is 2.72 bits per heavy atom. The van der Waals surface area contributed by atoms with Crippen LogP contribution in [0.25, 0.3) is 0 Å². The second-order valence-electron chi connectivity index (χ2n) is 5.32. The van der Waals surface area contributed by atoms with Crippen LogP contribution in [0, 0.1) is 6.92 Å². The molecule has 0 radical (unpaired) electrons. The lowest BCUT2D eigenvalue weighted by Gasteiger charge is -2.24. The van der Waals surface area contributed by atoms with Crippen molar-refractivity contribution in [2.45, 2.75) is 39.3 Å². The van der Waals surface area contributed by atoms with Crippen LogP contribution < -0.4 is 5.32 Å². The third kappa shape index (κ3) is 3.81. The number of nitrogens with zero attached hydrogens (tertiary/aromatic N) is 1. The van der Waals surface area contributed by atoms with E-state index in [1.165, 1.54) is 41.5 Å². The molecule has 1 aliphatic rings. The highest BCUT2D eigenvalue weighted by Crippen LogP contribution is 2.18. The molecular weight excluding hydrogens is 288 g/mol. The molecule has 1 heterocycles. The molecule has 1 unspecified atom stereocenters. The molecule has 1 aromatic rings. The third-order valence-electron chi connectivity index (χ3n) is 3.73. The Labute approximate surface area is 119 Å². The van der Waals surface area contributed by atoms with Crippen LogP contribution in [0.4, 0.5) is 0 Å². The molecule has 0 amide bonds. The molecular formula is C15H23BrN2. The lowest BCUT2D eigenvalue weighted by molar-refractivity contribution is 0.251. The first-order chi connectivity index (χ1) is 8.66. The van der Waals surface area contributed by atoms with Crippen molar-refractivity contribution in [1.29, 1.82) is 0 Å². The van der Waals surface area contributed by atoms with Crippen molar-refractivity contribution < 1.29 is 0 Å². The van der Waals surface area contributed by atoms with E-state index in [9.17, 15) is 0 Å². The molecule has 2 nitrogen and oxygen atoms in total. The average Bonchev–Trinajstić information content (AvgIpc) is 2.85. The van der Waals surface area contributed by atoms with E-state index in [0.29, 0.717) is 6.04 Å². The summed E-state index contributed by atoms with van der Waals surface area (Å²) in [7, 11) is 0. The minimum absolute atomic E-state index is 0.650. The van der Waals surface area contributed by atoms with Gasteiger partial charge in [0.15, 0.2) is 0 Å². The molecule has 0 aliphatic carbocycles. The van der Waals surface area contributed by atoms with Crippen molar-refractivity contribution in [3.63, 3.8) is 0 Å². The predicted molar refractivity (Wildman–Crippen MR) is 80.9 cm³/mol. The largest absolute Gasteiger partial charge is 0.311 e. The number of halogens is 1. The number of likely N-dealkylation sites (tertiary alicyclic amines) is 1. The molecule has 0 saturated carbocycles. The monoisotopic (exact) mass is 310 g/mol. The fourth-order valence-electron chi connectivity index (χ4n) is 2.52. The standard InChI is InChI=1S/C15H23BrN2/c1-12-5-6-14(15(16)9-12)11-17-10-13(2)18-7-3-4-8-18/h5-6,9,13,17H,3-4,7-8,10-11H2,1-2H3. The van der Waals surface area contributed by atoms with Crippen LogP contribution in [0.1, 0.15) is 30.9 Å². The second-order valence-corrected chi connectivity index (χ2v) is 6.17. The van der Waals surface area contributed by atoms with Crippen LogP contribution in [0.2, 0.25) is 0 Å². The summed E-state index contributed by atoms with van der Waals surface area (Å²) in [6.07, 6.45) is 2.74. The summed E-state index contributed by atoms with van der Waals surface area (Å²) >= 11 is 3.63. The van der Waals surface area contributed by atoms with Gasteiger partial charge in [-0.2, -0.15) is 0 Å². The van der Waals surface area contributed by atoms with Gasteiger partial charge in [-0.25, -0.2) is 0 Å². The highest BCUT2D eigenvalue weighted by molar-refractivity contribution is 9.10. The Balaban J connectivity index is 1.77. The maximum atomic E-state index is 3.63. The first-order valence-electron chi connectivity index (χ1n) is 6.86. The number of rotatable bonds is 5. The molecule has 1 aliphatic heterocycles. The van der Waals surface area contributed by atoms with Crippen molar-refractivity contribution in [2.75, 3.05) is 19.6 Å². The Kier molecular flexibility index (Phi) is 5.22. The lowest BCUT2D eigenvalue weighted by atomic mass is 10.1. The van der Waals surface area contributed by atoms with Gasteiger partial charge in [0.05, 0.1) is 0 Å². The van der Waals surface area contributed by atoms with Crippen molar-refractivity contribution in [1.82, 2.24) is 10.2 Å². The number of hydrogen-bond acceptors (Lipinski definition) is 2. The molecule has 0 bridgehead atoms. The second kappa shape index (κ2) is 6.69. The first kappa shape index (κ1) is 14.0. The molecule has 100 valence electrons. The van der Waals surface area contributed by atoms with Crippen molar-refractivity contribution in [3.05, 3.63) is 33.8 Å². The van der Waals surface area contributed by atoms with E-state index in [1.807, 2.05) is 0 Å². The van der Waals surface area contributed by atoms with Gasteiger partial charge in [0.1, 0.15) is 0 Å². The summed E-state index contributed by atoms with van der Waals surface area (Å²) in [5.74, 6) is 0. The first-order valence-corrected chi connectivity index (χ1v) is 7.66. The van der Waals surface area contributed by atoms with Gasteiger partial charge in [-0.15, -0.1) is 0 Å². The van der Waals surface area contributed by atoms with E-state index in [0.717, 1.165) is 13.1 Å². The van der Waals surface area contributed by atoms with Crippen LogP contribution in [-0.4, -0.2) is 30.6 Å². The van der Waals surface area contributed by atoms with Crippen LogP contribution in [-0.2, 0) is 6.54 Å².